The Labute approximate surface area is 201 Å². The van der Waals surface area contributed by atoms with Crippen LogP contribution in [0.25, 0.3) is 0 Å². The summed E-state index contributed by atoms with van der Waals surface area (Å²) in [6, 6.07) is 6.98. The maximum Gasteiger partial charge on any atom is 0.255 e. The van der Waals surface area contributed by atoms with Crippen molar-refractivity contribution in [1.29, 1.82) is 0 Å². The first-order chi connectivity index (χ1) is 15.9. The number of anilines is 1. The number of nitrogens with one attached hydrogen (secondary N) is 1. The minimum atomic E-state index is -0.592. The average molecular weight is 488 g/mol. The van der Waals surface area contributed by atoms with Gasteiger partial charge in [0.2, 0.25) is 11.8 Å². The number of hydrogen-bond acceptors (Lipinski definition) is 6. The molecule has 5 rings (SSSR count). The van der Waals surface area contributed by atoms with Crippen LogP contribution < -0.4 is 10.2 Å². The highest BCUT2D eigenvalue weighted by Gasteiger charge is 2.39. The molecule has 0 spiro atoms. The molecule has 33 heavy (non-hydrogen) atoms. The first kappa shape index (κ1) is 22.1. The Kier molecular flexibility index (Phi) is 5.99. The minimum absolute atomic E-state index is 0.148. The highest BCUT2D eigenvalue weighted by molar-refractivity contribution is 6.43. The van der Waals surface area contributed by atoms with Gasteiger partial charge in [0, 0.05) is 57.4 Å². The molecular weight excluding hydrogens is 465 g/mol. The molecule has 1 aromatic heterocycles. The van der Waals surface area contributed by atoms with E-state index in [9.17, 15) is 14.4 Å². The first-order valence-corrected chi connectivity index (χ1v) is 11.7. The number of nitrogens with zero attached hydrogens (tertiary/aromatic N) is 4. The Bertz CT molecular complexity index is 1130. The third kappa shape index (κ3) is 4.30. The molecule has 0 aliphatic carbocycles. The molecule has 1 N–H and O–H groups in total. The SMILES string of the molecule is O=C1CCC(N2Cc3cc(CN4CCN(c5nccc(Cl)c5Cl)CC4)ccc3C2=O)C(=O)N1. The number of carbonyl (C=O) groups is 3. The van der Waals surface area contributed by atoms with E-state index in [0.717, 1.165) is 43.9 Å². The summed E-state index contributed by atoms with van der Waals surface area (Å²) in [5, 5.41) is 3.32. The normalized spacial score (nSPS) is 21.4. The summed E-state index contributed by atoms with van der Waals surface area (Å²) in [6.45, 7) is 4.44. The van der Waals surface area contributed by atoms with E-state index in [-0.39, 0.29) is 24.1 Å². The first-order valence-electron chi connectivity index (χ1n) is 10.9. The maximum absolute atomic E-state index is 12.9. The molecule has 0 bridgehead atoms. The third-order valence-corrected chi connectivity index (χ3v) is 7.27. The van der Waals surface area contributed by atoms with Gasteiger partial charge in [-0.2, -0.15) is 0 Å². The summed E-state index contributed by atoms with van der Waals surface area (Å²) in [5.74, 6) is -0.102. The zero-order chi connectivity index (χ0) is 23.1. The minimum Gasteiger partial charge on any atom is -0.353 e. The molecule has 1 aromatic carbocycles. The van der Waals surface area contributed by atoms with Crippen LogP contribution in [0.5, 0.6) is 0 Å². The summed E-state index contributed by atoms with van der Waals surface area (Å²) in [7, 11) is 0. The molecule has 4 heterocycles. The van der Waals surface area contributed by atoms with Crippen LogP contribution in [0.3, 0.4) is 0 Å². The van der Waals surface area contributed by atoms with Crippen molar-refractivity contribution in [1.82, 2.24) is 20.1 Å². The Hall–Kier alpha value is -2.68. The number of carbonyl (C=O) groups excluding carboxylic acids is 3. The van der Waals surface area contributed by atoms with Crippen molar-refractivity contribution in [3.8, 4) is 0 Å². The van der Waals surface area contributed by atoms with Gasteiger partial charge in [-0.1, -0.05) is 35.3 Å². The van der Waals surface area contributed by atoms with Gasteiger partial charge in [-0.05, 0) is 29.7 Å². The Balaban J connectivity index is 1.22. The second kappa shape index (κ2) is 8.93. The fourth-order valence-electron chi connectivity index (χ4n) is 4.73. The number of halogens is 2. The number of pyridine rings is 1. The van der Waals surface area contributed by atoms with E-state index in [4.69, 9.17) is 23.2 Å². The summed E-state index contributed by atoms with van der Waals surface area (Å²) >= 11 is 12.4. The lowest BCUT2D eigenvalue weighted by Crippen LogP contribution is -2.52. The standard InChI is InChI=1S/C23H23Cl2N5O3/c24-17-5-6-26-21(20(17)25)29-9-7-28(8-10-29)12-14-1-2-16-15(11-14)13-30(23(16)33)18-3-4-19(31)27-22(18)32/h1-2,5-6,11,18H,3-4,7-10,12-13H2,(H,27,31,32). The van der Waals surface area contributed by atoms with Crippen molar-refractivity contribution in [2.24, 2.45) is 0 Å². The smallest absolute Gasteiger partial charge is 0.255 e. The number of aromatic nitrogens is 1. The van der Waals surface area contributed by atoms with Gasteiger partial charge in [0.15, 0.2) is 0 Å². The van der Waals surface area contributed by atoms with E-state index in [1.54, 1.807) is 17.2 Å². The van der Waals surface area contributed by atoms with Crippen LogP contribution in [0.2, 0.25) is 10.0 Å². The molecule has 1 unspecified atom stereocenters. The van der Waals surface area contributed by atoms with Gasteiger partial charge in [-0.15, -0.1) is 0 Å². The fourth-order valence-corrected chi connectivity index (χ4v) is 5.10. The van der Waals surface area contributed by atoms with Crippen molar-refractivity contribution in [3.05, 3.63) is 57.2 Å². The van der Waals surface area contributed by atoms with E-state index in [1.165, 1.54) is 0 Å². The number of rotatable bonds is 4. The molecule has 3 aliphatic heterocycles. The highest BCUT2D eigenvalue weighted by Crippen LogP contribution is 2.31. The largest absolute Gasteiger partial charge is 0.353 e. The van der Waals surface area contributed by atoms with Crippen LogP contribution >= 0.6 is 23.2 Å². The number of benzene rings is 1. The van der Waals surface area contributed by atoms with Crippen LogP contribution in [0.1, 0.15) is 34.3 Å². The number of imide groups is 1. The fraction of sp³-hybridized carbons (Fsp3) is 0.391. The topological polar surface area (TPSA) is 85.9 Å². The maximum atomic E-state index is 12.9. The summed E-state index contributed by atoms with van der Waals surface area (Å²) in [6.07, 6.45) is 2.29. The lowest BCUT2D eigenvalue weighted by molar-refractivity contribution is -0.136. The van der Waals surface area contributed by atoms with Crippen molar-refractivity contribution in [2.45, 2.75) is 32.0 Å². The van der Waals surface area contributed by atoms with Gasteiger partial charge in [-0.3, -0.25) is 24.6 Å². The molecule has 2 aromatic rings. The number of piperazine rings is 1. The number of hydrogen-bond donors (Lipinski definition) is 1. The van der Waals surface area contributed by atoms with Crippen molar-refractivity contribution in [2.75, 3.05) is 31.1 Å². The molecule has 3 amide bonds. The summed E-state index contributed by atoms with van der Waals surface area (Å²) < 4.78 is 0. The lowest BCUT2D eigenvalue weighted by Gasteiger charge is -2.35. The van der Waals surface area contributed by atoms with E-state index in [1.807, 2.05) is 12.1 Å². The molecule has 3 aliphatic rings. The number of fused-ring (bicyclic) bond motifs is 1. The van der Waals surface area contributed by atoms with E-state index in [0.29, 0.717) is 34.4 Å². The van der Waals surface area contributed by atoms with Crippen LogP contribution in [-0.2, 0) is 22.7 Å². The van der Waals surface area contributed by atoms with Crippen molar-refractivity contribution >= 4 is 46.7 Å². The van der Waals surface area contributed by atoms with Gasteiger partial charge < -0.3 is 9.80 Å². The second-order valence-corrected chi connectivity index (χ2v) is 9.37. The second-order valence-electron chi connectivity index (χ2n) is 8.59. The molecular formula is C23H23Cl2N5O3. The monoisotopic (exact) mass is 487 g/mol. The van der Waals surface area contributed by atoms with E-state index >= 15 is 0 Å². The van der Waals surface area contributed by atoms with Gasteiger partial charge in [0.05, 0.1) is 5.02 Å². The summed E-state index contributed by atoms with van der Waals surface area (Å²) in [4.78, 5) is 47.0. The molecule has 172 valence electrons. The van der Waals surface area contributed by atoms with Gasteiger partial charge in [0.25, 0.3) is 5.91 Å². The third-order valence-electron chi connectivity index (χ3n) is 6.49. The predicted octanol–water partition coefficient (Wildman–Crippen LogP) is 2.47. The molecule has 1 atom stereocenters. The predicted molar refractivity (Wildman–Crippen MR) is 124 cm³/mol. The molecule has 10 heteroatoms. The highest BCUT2D eigenvalue weighted by atomic mass is 35.5. The molecule has 2 saturated heterocycles. The average Bonchev–Trinajstić information content (AvgIpc) is 3.12. The summed E-state index contributed by atoms with van der Waals surface area (Å²) in [5.41, 5.74) is 2.68. The van der Waals surface area contributed by atoms with E-state index in [2.05, 4.69) is 26.2 Å². The Morgan fingerprint density at radius 3 is 2.61 bits per heavy atom. The zero-order valence-electron chi connectivity index (χ0n) is 17.9. The molecule has 0 saturated carbocycles. The Morgan fingerprint density at radius 2 is 1.85 bits per heavy atom. The number of amides is 3. The Morgan fingerprint density at radius 1 is 1.06 bits per heavy atom. The van der Waals surface area contributed by atoms with Crippen LogP contribution in [0.15, 0.2) is 30.5 Å². The van der Waals surface area contributed by atoms with Crippen LogP contribution in [0, 0.1) is 0 Å². The van der Waals surface area contributed by atoms with Gasteiger partial charge in [-0.25, -0.2) is 4.98 Å². The molecule has 2 fully saturated rings. The van der Waals surface area contributed by atoms with Gasteiger partial charge >= 0.3 is 0 Å². The van der Waals surface area contributed by atoms with Gasteiger partial charge in [0.1, 0.15) is 16.9 Å². The van der Waals surface area contributed by atoms with Crippen LogP contribution in [0.4, 0.5) is 5.82 Å². The molecule has 8 nitrogen and oxygen atoms in total. The van der Waals surface area contributed by atoms with E-state index < -0.39 is 6.04 Å². The zero-order valence-corrected chi connectivity index (χ0v) is 19.4. The number of piperidine rings is 1. The van der Waals surface area contributed by atoms with Crippen molar-refractivity contribution < 1.29 is 14.4 Å². The lowest BCUT2D eigenvalue weighted by atomic mass is 10.0. The van der Waals surface area contributed by atoms with Crippen LogP contribution in [-0.4, -0.2) is 64.7 Å². The quantitative estimate of drug-likeness (QED) is 0.666. The molecule has 0 radical (unpaired) electrons. The van der Waals surface area contributed by atoms with Crippen molar-refractivity contribution in [3.63, 3.8) is 0 Å².